The smallest absolute Gasteiger partial charge is 0.279 e. The molecule has 3 N–H and O–H groups in total. The van der Waals surface area contributed by atoms with E-state index < -0.39 is 0 Å². The van der Waals surface area contributed by atoms with Crippen molar-refractivity contribution in [2.24, 2.45) is 0 Å². The zero-order chi connectivity index (χ0) is 18.2. The molecule has 0 aliphatic heterocycles. The van der Waals surface area contributed by atoms with Crippen LogP contribution in [0.15, 0.2) is 42.5 Å². The summed E-state index contributed by atoms with van der Waals surface area (Å²) in [7, 11) is 1.67. The molecule has 4 heteroatoms. The quantitative estimate of drug-likeness (QED) is 0.775. The first kappa shape index (κ1) is 19.0. The Hall–Kier alpha value is -2.33. The van der Waals surface area contributed by atoms with Crippen LogP contribution in [0.2, 0.25) is 0 Å². The Balaban J connectivity index is 2.02. The maximum Gasteiger partial charge on any atom is 0.279 e. The van der Waals surface area contributed by atoms with Crippen LogP contribution in [-0.2, 0) is 17.6 Å². The van der Waals surface area contributed by atoms with Crippen molar-refractivity contribution in [1.82, 2.24) is 0 Å². The third-order valence-corrected chi connectivity index (χ3v) is 4.55. The molecule has 0 bridgehead atoms. The number of anilines is 1. The van der Waals surface area contributed by atoms with Gasteiger partial charge in [-0.05, 0) is 43.0 Å². The van der Waals surface area contributed by atoms with E-state index in [1.54, 1.807) is 7.11 Å². The summed E-state index contributed by atoms with van der Waals surface area (Å²) >= 11 is 0. The van der Waals surface area contributed by atoms with Gasteiger partial charge in [0.1, 0.15) is 11.8 Å². The molecule has 0 aliphatic rings. The molecule has 0 aromatic heterocycles. The summed E-state index contributed by atoms with van der Waals surface area (Å²) in [6, 6.07) is 14.3. The Bertz CT molecular complexity index is 691. The van der Waals surface area contributed by atoms with E-state index in [-0.39, 0.29) is 11.9 Å². The number of quaternary nitrogens is 1. The number of aryl methyl sites for hydroxylation is 2. The molecule has 0 aliphatic carbocycles. The van der Waals surface area contributed by atoms with Gasteiger partial charge in [0.25, 0.3) is 5.91 Å². The molecule has 1 atom stereocenters. The average molecular weight is 341 g/mol. The van der Waals surface area contributed by atoms with Crippen LogP contribution in [0, 0.1) is 0 Å². The lowest BCUT2D eigenvalue weighted by Crippen LogP contribution is -2.86. The zero-order valence-corrected chi connectivity index (χ0v) is 15.6. The number of amides is 1. The Morgan fingerprint density at radius 1 is 1.08 bits per heavy atom. The van der Waals surface area contributed by atoms with E-state index in [9.17, 15) is 4.79 Å². The summed E-state index contributed by atoms with van der Waals surface area (Å²) in [5, 5.41) is 5.15. The number of carbonyl (C=O) groups excluding carboxylic acids is 1. The van der Waals surface area contributed by atoms with E-state index in [4.69, 9.17) is 4.74 Å². The number of rotatable bonds is 8. The number of para-hydroxylation sites is 2. The van der Waals surface area contributed by atoms with Gasteiger partial charge in [0.15, 0.2) is 6.54 Å². The van der Waals surface area contributed by atoms with Crippen LogP contribution in [-0.4, -0.2) is 19.6 Å². The number of hydrogen-bond donors (Lipinski definition) is 2. The summed E-state index contributed by atoms with van der Waals surface area (Å²) in [6.45, 7) is 6.68. The first-order chi connectivity index (χ1) is 12.1. The van der Waals surface area contributed by atoms with Crippen molar-refractivity contribution < 1.29 is 14.8 Å². The monoisotopic (exact) mass is 341 g/mol. The second kappa shape index (κ2) is 9.23. The van der Waals surface area contributed by atoms with Gasteiger partial charge >= 0.3 is 0 Å². The number of methoxy groups -OCH3 is 1. The minimum Gasteiger partial charge on any atom is -0.496 e. The Labute approximate surface area is 150 Å². The van der Waals surface area contributed by atoms with E-state index in [1.165, 1.54) is 11.1 Å². The zero-order valence-electron chi connectivity index (χ0n) is 15.6. The molecule has 0 fully saturated rings. The Morgan fingerprint density at radius 2 is 1.72 bits per heavy atom. The fourth-order valence-electron chi connectivity index (χ4n) is 3.05. The number of benzene rings is 2. The van der Waals surface area contributed by atoms with Crippen molar-refractivity contribution in [3.63, 3.8) is 0 Å². The van der Waals surface area contributed by atoms with Gasteiger partial charge in [0.05, 0.1) is 12.7 Å². The van der Waals surface area contributed by atoms with E-state index in [0.717, 1.165) is 29.8 Å². The highest BCUT2D eigenvalue weighted by Gasteiger charge is 2.16. The predicted octanol–water partition coefficient (Wildman–Crippen LogP) is 3.08. The molecule has 1 amide bonds. The van der Waals surface area contributed by atoms with Crippen molar-refractivity contribution in [3.05, 3.63) is 59.2 Å². The second-order valence-corrected chi connectivity index (χ2v) is 6.18. The lowest BCUT2D eigenvalue weighted by Gasteiger charge is -2.16. The topological polar surface area (TPSA) is 54.9 Å². The molecule has 2 aromatic carbocycles. The minimum atomic E-state index is 0.0253. The fourth-order valence-corrected chi connectivity index (χ4v) is 3.05. The Kier molecular flexibility index (Phi) is 7.02. The molecule has 0 saturated heterocycles. The van der Waals surface area contributed by atoms with Crippen LogP contribution in [0.25, 0.3) is 0 Å². The van der Waals surface area contributed by atoms with Gasteiger partial charge in [-0.1, -0.05) is 44.2 Å². The number of nitrogens with two attached hydrogens (primary N) is 1. The molecule has 2 aromatic rings. The van der Waals surface area contributed by atoms with Crippen LogP contribution in [0.5, 0.6) is 5.75 Å². The van der Waals surface area contributed by atoms with Crippen LogP contribution >= 0.6 is 0 Å². The number of nitrogens with one attached hydrogen (secondary N) is 1. The maximum absolute atomic E-state index is 12.5. The van der Waals surface area contributed by atoms with Crippen molar-refractivity contribution in [2.45, 2.75) is 39.7 Å². The molecule has 0 spiro atoms. The van der Waals surface area contributed by atoms with Crippen LogP contribution in [0.4, 0.5) is 5.69 Å². The second-order valence-electron chi connectivity index (χ2n) is 6.18. The summed E-state index contributed by atoms with van der Waals surface area (Å²) in [4.78, 5) is 12.5. The minimum absolute atomic E-state index is 0.0253. The average Bonchev–Trinajstić information content (AvgIpc) is 2.66. The molecule has 0 radical (unpaired) electrons. The third kappa shape index (κ3) is 4.83. The molecular weight excluding hydrogens is 312 g/mol. The third-order valence-electron chi connectivity index (χ3n) is 4.55. The van der Waals surface area contributed by atoms with Crippen LogP contribution in [0.3, 0.4) is 0 Å². The highest BCUT2D eigenvalue weighted by molar-refractivity contribution is 5.93. The van der Waals surface area contributed by atoms with Crippen molar-refractivity contribution >= 4 is 11.6 Å². The lowest BCUT2D eigenvalue weighted by atomic mass is 10.0. The molecule has 0 unspecified atom stereocenters. The van der Waals surface area contributed by atoms with Crippen LogP contribution < -0.4 is 15.4 Å². The van der Waals surface area contributed by atoms with Gasteiger partial charge in [-0.15, -0.1) is 0 Å². The molecule has 4 nitrogen and oxygen atoms in total. The summed E-state index contributed by atoms with van der Waals surface area (Å²) < 4.78 is 5.41. The van der Waals surface area contributed by atoms with E-state index in [2.05, 4.69) is 44.3 Å². The molecule has 134 valence electrons. The van der Waals surface area contributed by atoms with Crippen molar-refractivity contribution in [2.75, 3.05) is 19.0 Å². The van der Waals surface area contributed by atoms with E-state index >= 15 is 0 Å². The summed E-state index contributed by atoms with van der Waals surface area (Å²) in [5.41, 5.74) is 4.45. The van der Waals surface area contributed by atoms with Gasteiger partial charge in [0.2, 0.25) is 0 Å². The number of ether oxygens (including phenoxy) is 1. The van der Waals surface area contributed by atoms with Crippen molar-refractivity contribution in [1.29, 1.82) is 0 Å². The van der Waals surface area contributed by atoms with Gasteiger partial charge in [0, 0.05) is 5.69 Å². The standard InChI is InChI=1S/C21H28N2O2/c1-5-16-10-9-11-17(6-2)21(16)23-20(24)14-22-15(3)18-12-7-8-13-19(18)25-4/h7-13,15,22H,5-6,14H2,1-4H3,(H,23,24)/p+1/t15-/m1/s1. The summed E-state index contributed by atoms with van der Waals surface area (Å²) in [6.07, 6.45) is 1.82. The normalized spacial score (nSPS) is 11.8. The maximum atomic E-state index is 12.5. The first-order valence-corrected chi connectivity index (χ1v) is 8.97. The van der Waals surface area contributed by atoms with Gasteiger partial charge in [-0.3, -0.25) is 4.79 Å². The number of carbonyl (C=O) groups is 1. The molecular formula is C21H29N2O2+. The SMILES string of the molecule is CCc1cccc(CC)c1NC(=O)C[NH2+][C@H](C)c1ccccc1OC. The molecule has 25 heavy (non-hydrogen) atoms. The Morgan fingerprint density at radius 3 is 2.32 bits per heavy atom. The lowest BCUT2D eigenvalue weighted by molar-refractivity contribution is -0.682. The molecule has 0 heterocycles. The first-order valence-electron chi connectivity index (χ1n) is 8.97. The fraction of sp³-hybridized carbons (Fsp3) is 0.381. The molecule has 0 saturated carbocycles. The van der Waals surface area contributed by atoms with Crippen LogP contribution in [0.1, 0.15) is 43.5 Å². The van der Waals surface area contributed by atoms with Gasteiger partial charge < -0.3 is 15.4 Å². The summed E-state index contributed by atoms with van der Waals surface area (Å²) in [5.74, 6) is 0.883. The largest absolute Gasteiger partial charge is 0.496 e. The van der Waals surface area contributed by atoms with Crippen molar-refractivity contribution in [3.8, 4) is 5.75 Å². The number of hydrogen-bond acceptors (Lipinski definition) is 2. The predicted molar refractivity (Wildman–Crippen MR) is 102 cm³/mol. The highest BCUT2D eigenvalue weighted by atomic mass is 16.5. The van der Waals surface area contributed by atoms with Gasteiger partial charge in [-0.2, -0.15) is 0 Å². The molecule has 2 rings (SSSR count). The van der Waals surface area contributed by atoms with E-state index in [0.29, 0.717) is 6.54 Å². The van der Waals surface area contributed by atoms with E-state index in [1.807, 2.05) is 29.6 Å². The highest BCUT2D eigenvalue weighted by Crippen LogP contribution is 2.23. The van der Waals surface area contributed by atoms with Gasteiger partial charge in [-0.25, -0.2) is 0 Å².